The van der Waals surface area contributed by atoms with Crippen LogP contribution >= 0.6 is 0 Å². The highest BCUT2D eigenvalue weighted by Crippen LogP contribution is 2.40. The number of hydrogen-bond acceptors (Lipinski definition) is 6. The van der Waals surface area contributed by atoms with Crippen molar-refractivity contribution in [3.63, 3.8) is 0 Å². The minimum absolute atomic E-state index is 0.211. The van der Waals surface area contributed by atoms with Crippen LogP contribution in [0.1, 0.15) is 42.1 Å². The van der Waals surface area contributed by atoms with E-state index in [0.29, 0.717) is 23.7 Å². The van der Waals surface area contributed by atoms with Gasteiger partial charge in [-0.25, -0.2) is 9.97 Å². The molecule has 9 nitrogen and oxygen atoms in total. The molecule has 2 saturated carbocycles. The van der Waals surface area contributed by atoms with E-state index in [-0.39, 0.29) is 11.9 Å². The van der Waals surface area contributed by atoms with Gasteiger partial charge < -0.3 is 20.3 Å². The van der Waals surface area contributed by atoms with E-state index in [0.717, 1.165) is 47.4 Å². The molecule has 0 aromatic carbocycles. The molecular formula is C22H23N7O2. The fourth-order valence-electron chi connectivity index (χ4n) is 4.25. The number of carbonyl (C=O) groups is 1. The number of fused-ring (bicyclic) bond motifs is 2. The summed E-state index contributed by atoms with van der Waals surface area (Å²) in [6.07, 6.45) is 8.79. The van der Waals surface area contributed by atoms with Crippen LogP contribution in [0.5, 0.6) is 0 Å². The third kappa shape index (κ3) is 2.88. The van der Waals surface area contributed by atoms with Gasteiger partial charge in [0, 0.05) is 42.5 Å². The Balaban J connectivity index is 1.49. The smallest absolute Gasteiger partial charge is 0.257 e. The third-order valence-electron chi connectivity index (χ3n) is 6.33. The van der Waals surface area contributed by atoms with Crippen molar-refractivity contribution in [2.24, 2.45) is 0 Å². The van der Waals surface area contributed by atoms with Gasteiger partial charge in [0.1, 0.15) is 17.0 Å². The van der Waals surface area contributed by atoms with Gasteiger partial charge in [0.25, 0.3) is 5.91 Å². The Morgan fingerprint density at radius 3 is 2.81 bits per heavy atom. The lowest BCUT2D eigenvalue weighted by atomic mass is 9.89. The number of amides is 1. The summed E-state index contributed by atoms with van der Waals surface area (Å²) < 4.78 is 3.87. The largest absolute Gasteiger partial charge is 0.391 e. The number of nitrogens with zero attached hydrogens (tertiary/aromatic N) is 5. The number of aromatic nitrogens is 5. The molecule has 2 aliphatic carbocycles. The zero-order chi connectivity index (χ0) is 21.1. The molecule has 9 heteroatoms. The standard InChI is InChI=1S/C22H23N7O2/c1-23-19-9-17(15-11-28(12-4-5-12)20-13(15)3-2-8-24-20)26-21-14(10-25-29(19)21)22(31)27-16-6-7-18(16)30/h2-3,8-12,16,18,23,30H,4-7H2,1H3,(H,27,31)/t16-,18+/m1/s1. The van der Waals surface area contributed by atoms with E-state index in [1.165, 1.54) is 6.20 Å². The van der Waals surface area contributed by atoms with Gasteiger partial charge in [0.2, 0.25) is 0 Å². The van der Waals surface area contributed by atoms with Crippen molar-refractivity contribution in [3.8, 4) is 11.3 Å². The Labute approximate surface area is 178 Å². The predicted octanol–water partition coefficient (Wildman–Crippen LogP) is 2.38. The van der Waals surface area contributed by atoms with Crippen LogP contribution in [0.3, 0.4) is 0 Å². The molecule has 4 aromatic rings. The normalized spacial score (nSPS) is 20.7. The fraction of sp³-hybridized carbons (Fsp3) is 0.364. The van der Waals surface area contributed by atoms with Crippen molar-refractivity contribution >= 4 is 28.4 Å². The average molecular weight is 417 g/mol. The lowest BCUT2D eigenvalue weighted by molar-refractivity contribution is 0.0448. The molecular weight excluding hydrogens is 394 g/mol. The molecule has 31 heavy (non-hydrogen) atoms. The average Bonchev–Trinajstić information content (AvgIpc) is 3.43. The Kier molecular flexibility index (Phi) is 4.01. The van der Waals surface area contributed by atoms with Crippen LogP contribution in [-0.2, 0) is 0 Å². The zero-order valence-corrected chi connectivity index (χ0v) is 17.1. The molecule has 1 amide bonds. The first kappa shape index (κ1) is 18.3. The molecule has 3 N–H and O–H groups in total. The molecule has 2 atom stereocenters. The fourth-order valence-corrected chi connectivity index (χ4v) is 4.25. The number of anilines is 1. The van der Waals surface area contributed by atoms with E-state index in [1.807, 2.05) is 25.4 Å². The Hall–Kier alpha value is -3.46. The van der Waals surface area contributed by atoms with Crippen molar-refractivity contribution < 1.29 is 9.90 Å². The van der Waals surface area contributed by atoms with Gasteiger partial charge in [-0.1, -0.05) is 0 Å². The number of aliphatic hydroxyl groups is 1. The molecule has 0 unspecified atom stereocenters. The highest BCUT2D eigenvalue weighted by Gasteiger charge is 2.31. The summed E-state index contributed by atoms with van der Waals surface area (Å²) >= 11 is 0. The van der Waals surface area contributed by atoms with Gasteiger partial charge in [-0.05, 0) is 37.8 Å². The van der Waals surface area contributed by atoms with E-state index in [9.17, 15) is 9.90 Å². The van der Waals surface area contributed by atoms with E-state index in [4.69, 9.17) is 4.98 Å². The van der Waals surface area contributed by atoms with Gasteiger partial charge in [-0.3, -0.25) is 4.79 Å². The molecule has 158 valence electrons. The summed E-state index contributed by atoms with van der Waals surface area (Å²) in [6, 6.07) is 6.21. The van der Waals surface area contributed by atoms with Gasteiger partial charge in [0.05, 0.1) is 24.0 Å². The first-order valence-corrected chi connectivity index (χ1v) is 10.7. The second-order valence-electron chi connectivity index (χ2n) is 8.35. The number of aliphatic hydroxyl groups excluding tert-OH is 1. The van der Waals surface area contributed by atoms with Crippen LogP contribution in [0.15, 0.2) is 36.8 Å². The molecule has 0 saturated heterocycles. The van der Waals surface area contributed by atoms with Crippen LogP contribution in [-0.4, -0.2) is 54.4 Å². The first-order valence-electron chi connectivity index (χ1n) is 10.7. The molecule has 0 aliphatic heterocycles. The number of hydrogen-bond donors (Lipinski definition) is 3. The van der Waals surface area contributed by atoms with Crippen molar-refractivity contribution in [2.45, 2.75) is 43.9 Å². The highest BCUT2D eigenvalue weighted by atomic mass is 16.3. The van der Waals surface area contributed by atoms with E-state index in [1.54, 1.807) is 4.52 Å². The van der Waals surface area contributed by atoms with Gasteiger partial charge in [0.15, 0.2) is 5.65 Å². The summed E-state index contributed by atoms with van der Waals surface area (Å²) in [5.74, 6) is 0.464. The van der Waals surface area contributed by atoms with Crippen LogP contribution in [0.25, 0.3) is 27.9 Å². The Bertz CT molecular complexity index is 1320. The monoisotopic (exact) mass is 417 g/mol. The number of rotatable bonds is 5. The lowest BCUT2D eigenvalue weighted by Gasteiger charge is -2.32. The second-order valence-corrected chi connectivity index (χ2v) is 8.35. The maximum absolute atomic E-state index is 12.9. The minimum atomic E-state index is -0.483. The van der Waals surface area contributed by atoms with Gasteiger partial charge >= 0.3 is 0 Å². The molecule has 4 aromatic heterocycles. The molecule has 0 bridgehead atoms. The Morgan fingerprint density at radius 2 is 2.10 bits per heavy atom. The summed E-state index contributed by atoms with van der Waals surface area (Å²) in [7, 11) is 1.82. The third-order valence-corrected chi connectivity index (χ3v) is 6.33. The van der Waals surface area contributed by atoms with Crippen LogP contribution < -0.4 is 10.6 Å². The quantitative estimate of drug-likeness (QED) is 0.460. The first-order chi connectivity index (χ1) is 15.1. The molecule has 4 heterocycles. The Morgan fingerprint density at radius 1 is 1.23 bits per heavy atom. The summed E-state index contributed by atoms with van der Waals surface area (Å²) in [5.41, 5.74) is 3.56. The summed E-state index contributed by atoms with van der Waals surface area (Å²) in [5, 5.41) is 21.3. The van der Waals surface area contributed by atoms with Crippen LogP contribution in [0, 0.1) is 0 Å². The zero-order valence-electron chi connectivity index (χ0n) is 17.1. The molecule has 6 rings (SSSR count). The van der Waals surface area contributed by atoms with Gasteiger partial charge in [-0.2, -0.15) is 9.61 Å². The predicted molar refractivity (Wildman–Crippen MR) is 116 cm³/mol. The van der Waals surface area contributed by atoms with Crippen molar-refractivity contribution in [3.05, 3.63) is 42.4 Å². The number of carbonyl (C=O) groups excluding carboxylic acids is 1. The van der Waals surface area contributed by atoms with Crippen molar-refractivity contribution in [1.82, 2.24) is 29.5 Å². The van der Waals surface area contributed by atoms with Gasteiger partial charge in [-0.15, -0.1) is 0 Å². The molecule has 0 spiro atoms. The molecule has 2 aliphatic rings. The lowest BCUT2D eigenvalue weighted by Crippen LogP contribution is -2.50. The van der Waals surface area contributed by atoms with E-state index < -0.39 is 6.10 Å². The minimum Gasteiger partial charge on any atom is -0.391 e. The van der Waals surface area contributed by atoms with E-state index >= 15 is 0 Å². The van der Waals surface area contributed by atoms with Crippen LogP contribution in [0.2, 0.25) is 0 Å². The number of nitrogens with one attached hydrogen (secondary N) is 2. The topological polar surface area (TPSA) is 109 Å². The highest BCUT2D eigenvalue weighted by molar-refractivity contribution is 6.01. The maximum atomic E-state index is 12.9. The molecule has 2 fully saturated rings. The van der Waals surface area contributed by atoms with Crippen LogP contribution in [0.4, 0.5) is 5.82 Å². The number of pyridine rings is 1. The van der Waals surface area contributed by atoms with Crippen molar-refractivity contribution in [1.29, 1.82) is 0 Å². The molecule has 0 radical (unpaired) electrons. The summed E-state index contributed by atoms with van der Waals surface area (Å²) in [6.45, 7) is 0. The maximum Gasteiger partial charge on any atom is 0.257 e. The second kappa shape index (κ2) is 6.78. The SMILES string of the molecule is CNc1cc(-c2cn(C3CC3)c3ncccc23)nc2c(C(=O)N[C@@H]3CC[C@@H]3O)cnn12. The van der Waals surface area contributed by atoms with Crippen molar-refractivity contribution in [2.75, 3.05) is 12.4 Å². The van der Waals surface area contributed by atoms with E-state index in [2.05, 4.69) is 37.5 Å². The summed E-state index contributed by atoms with van der Waals surface area (Å²) in [4.78, 5) is 22.3.